The molecule has 1 aliphatic rings. The molecule has 0 saturated carbocycles. The van der Waals surface area contributed by atoms with Gasteiger partial charge >= 0.3 is 0 Å². The van der Waals surface area contributed by atoms with Crippen molar-refractivity contribution >= 4 is 29.9 Å². The standard InChI is InChI=1S/C22H29N3O8/c1-3-31-10-11-32-9-8-23-20(28)14-33-16-5-4-15(13-26)17(12-16)22(30)25(2)18-6-7-19(27)24-21(18)29/h4-5,12-13,18H,3,6-11,14H2,1-2H3,(H,23,28)(H,24,27,29). The number of aldehydes is 1. The average molecular weight is 463 g/mol. The molecule has 11 nitrogen and oxygen atoms in total. The lowest BCUT2D eigenvalue weighted by Gasteiger charge is -2.30. The highest BCUT2D eigenvalue weighted by Crippen LogP contribution is 2.21. The molecule has 11 heteroatoms. The van der Waals surface area contributed by atoms with Gasteiger partial charge in [-0.15, -0.1) is 0 Å². The molecule has 2 N–H and O–H groups in total. The molecule has 1 aromatic carbocycles. The number of piperidine rings is 1. The van der Waals surface area contributed by atoms with Crippen molar-refractivity contribution in [1.82, 2.24) is 15.5 Å². The Hall–Kier alpha value is -3.31. The highest BCUT2D eigenvalue weighted by atomic mass is 16.5. The van der Waals surface area contributed by atoms with E-state index < -0.39 is 23.8 Å². The normalized spacial score (nSPS) is 15.5. The number of carbonyl (C=O) groups is 5. The van der Waals surface area contributed by atoms with E-state index in [1.54, 1.807) is 0 Å². The van der Waals surface area contributed by atoms with Crippen LogP contribution < -0.4 is 15.4 Å². The van der Waals surface area contributed by atoms with E-state index in [0.717, 1.165) is 0 Å². The van der Waals surface area contributed by atoms with Crippen molar-refractivity contribution in [3.63, 3.8) is 0 Å². The Morgan fingerprint density at radius 3 is 2.67 bits per heavy atom. The predicted molar refractivity (Wildman–Crippen MR) is 116 cm³/mol. The van der Waals surface area contributed by atoms with Crippen LogP contribution >= 0.6 is 0 Å². The minimum atomic E-state index is -0.833. The maximum atomic E-state index is 13.0. The Morgan fingerprint density at radius 1 is 1.21 bits per heavy atom. The van der Waals surface area contributed by atoms with Crippen molar-refractivity contribution in [2.24, 2.45) is 0 Å². The van der Waals surface area contributed by atoms with Crippen LogP contribution in [0.3, 0.4) is 0 Å². The molecule has 4 amide bonds. The fourth-order valence-electron chi connectivity index (χ4n) is 3.12. The number of likely N-dealkylation sites (N-methyl/N-ethyl adjacent to an activating group) is 1. The van der Waals surface area contributed by atoms with Gasteiger partial charge in [-0.25, -0.2) is 0 Å². The number of nitrogens with one attached hydrogen (secondary N) is 2. The van der Waals surface area contributed by atoms with Crippen molar-refractivity contribution in [1.29, 1.82) is 0 Å². The molecule has 1 fully saturated rings. The molecule has 0 aromatic heterocycles. The first-order valence-electron chi connectivity index (χ1n) is 10.6. The van der Waals surface area contributed by atoms with Gasteiger partial charge in [-0.2, -0.15) is 0 Å². The summed E-state index contributed by atoms with van der Waals surface area (Å²) in [4.78, 5) is 60.9. The van der Waals surface area contributed by atoms with E-state index in [4.69, 9.17) is 14.2 Å². The van der Waals surface area contributed by atoms with Crippen LogP contribution in [0.25, 0.3) is 0 Å². The summed E-state index contributed by atoms with van der Waals surface area (Å²) in [6.45, 7) is 3.78. The van der Waals surface area contributed by atoms with Crippen LogP contribution in [0.2, 0.25) is 0 Å². The van der Waals surface area contributed by atoms with E-state index >= 15 is 0 Å². The second-order valence-corrected chi connectivity index (χ2v) is 7.20. The van der Waals surface area contributed by atoms with E-state index in [9.17, 15) is 24.0 Å². The number of imide groups is 1. The van der Waals surface area contributed by atoms with Crippen LogP contribution in [-0.2, 0) is 23.9 Å². The first kappa shape index (κ1) is 25.9. The number of nitrogens with zero attached hydrogens (tertiary/aromatic N) is 1. The predicted octanol–water partition coefficient (Wildman–Crippen LogP) is -0.0756. The molecular weight excluding hydrogens is 434 g/mol. The zero-order valence-electron chi connectivity index (χ0n) is 18.8. The van der Waals surface area contributed by atoms with Gasteiger partial charge < -0.3 is 24.4 Å². The summed E-state index contributed by atoms with van der Waals surface area (Å²) in [6.07, 6.45) is 0.826. The van der Waals surface area contributed by atoms with E-state index in [0.29, 0.717) is 39.3 Å². The maximum Gasteiger partial charge on any atom is 0.258 e. The minimum Gasteiger partial charge on any atom is -0.484 e. The summed E-state index contributed by atoms with van der Waals surface area (Å²) in [5.41, 5.74) is 0.137. The SMILES string of the molecule is CCOCCOCCNC(=O)COc1ccc(C=O)c(C(=O)N(C)C2CCC(=O)NC2=O)c1. The second kappa shape index (κ2) is 13.3. The van der Waals surface area contributed by atoms with Gasteiger partial charge in [0.1, 0.15) is 11.8 Å². The summed E-state index contributed by atoms with van der Waals surface area (Å²) in [5, 5.41) is 4.84. The van der Waals surface area contributed by atoms with Gasteiger partial charge in [0.25, 0.3) is 11.8 Å². The molecule has 1 aromatic rings. The molecule has 1 atom stereocenters. The zero-order valence-corrected chi connectivity index (χ0v) is 18.8. The lowest BCUT2D eigenvalue weighted by atomic mass is 10.0. The second-order valence-electron chi connectivity index (χ2n) is 7.20. The van der Waals surface area contributed by atoms with Gasteiger partial charge in [-0.3, -0.25) is 29.3 Å². The summed E-state index contributed by atoms with van der Waals surface area (Å²) < 4.78 is 15.9. The van der Waals surface area contributed by atoms with Crippen LogP contribution in [0.4, 0.5) is 0 Å². The van der Waals surface area contributed by atoms with Crippen LogP contribution in [0.15, 0.2) is 18.2 Å². The Kier molecular flexibility index (Phi) is 10.4. The van der Waals surface area contributed by atoms with Gasteiger partial charge in [0.05, 0.1) is 25.4 Å². The smallest absolute Gasteiger partial charge is 0.258 e. The Bertz CT molecular complexity index is 873. The monoisotopic (exact) mass is 463 g/mol. The van der Waals surface area contributed by atoms with Crippen molar-refractivity contribution in [2.45, 2.75) is 25.8 Å². The highest BCUT2D eigenvalue weighted by molar-refractivity contribution is 6.06. The topological polar surface area (TPSA) is 140 Å². The quantitative estimate of drug-likeness (QED) is 0.235. The molecule has 1 saturated heterocycles. The van der Waals surface area contributed by atoms with E-state index in [2.05, 4.69) is 10.6 Å². The third-order valence-corrected chi connectivity index (χ3v) is 4.89. The molecule has 0 aliphatic carbocycles. The van der Waals surface area contributed by atoms with Crippen LogP contribution in [0.5, 0.6) is 5.75 Å². The summed E-state index contributed by atoms with van der Waals surface area (Å²) >= 11 is 0. The molecular formula is C22H29N3O8. The zero-order chi connectivity index (χ0) is 24.2. The molecule has 33 heavy (non-hydrogen) atoms. The van der Waals surface area contributed by atoms with Crippen molar-refractivity contribution in [2.75, 3.05) is 46.6 Å². The number of benzene rings is 1. The Balaban J connectivity index is 1.91. The molecule has 0 spiro atoms. The van der Waals surface area contributed by atoms with Crippen molar-refractivity contribution in [3.8, 4) is 5.75 Å². The lowest BCUT2D eigenvalue weighted by molar-refractivity contribution is -0.136. The molecule has 180 valence electrons. The first-order chi connectivity index (χ1) is 15.9. The minimum absolute atomic E-state index is 0.0257. The van der Waals surface area contributed by atoms with E-state index in [-0.39, 0.29) is 42.2 Å². The number of rotatable bonds is 13. The van der Waals surface area contributed by atoms with Gasteiger partial charge in [0, 0.05) is 32.2 Å². The van der Waals surface area contributed by atoms with Crippen LogP contribution in [-0.4, -0.2) is 87.5 Å². The molecule has 0 radical (unpaired) electrons. The number of ether oxygens (including phenoxy) is 3. The number of hydrogen-bond acceptors (Lipinski definition) is 8. The fraction of sp³-hybridized carbons (Fsp3) is 0.500. The van der Waals surface area contributed by atoms with Gasteiger partial charge in [-0.1, -0.05) is 0 Å². The highest BCUT2D eigenvalue weighted by Gasteiger charge is 2.33. The van der Waals surface area contributed by atoms with Crippen LogP contribution in [0, 0.1) is 0 Å². The summed E-state index contributed by atoms with van der Waals surface area (Å²) in [7, 11) is 1.42. The number of hydrogen-bond donors (Lipinski definition) is 2. The van der Waals surface area contributed by atoms with E-state index in [1.165, 1.54) is 30.1 Å². The Labute approximate surface area is 191 Å². The number of carbonyl (C=O) groups excluding carboxylic acids is 5. The van der Waals surface area contributed by atoms with Crippen LogP contribution in [0.1, 0.15) is 40.5 Å². The third kappa shape index (κ3) is 7.95. The van der Waals surface area contributed by atoms with Gasteiger partial charge in [0.2, 0.25) is 11.8 Å². The molecule has 0 bridgehead atoms. The molecule has 2 rings (SSSR count). The van der Waals surface area contributed by atoms with Gasteiger partial charge in [-0.05, 0) is 31.5 Å². The number of amides is 4. The molecule has 1 aliphatic heterocycles. The summed E-state index contributed by atoms with van der Waals surface area (Å²) in [5.74, 6) is -1.71. The largest absolute Gasteiger partial charge is 0.484 e. The van der Waals surface area contributed by atoms with Gasteiger partial charge in [0.15, 0.2) is 12.9 Å². The molecule has 1 unspecified atom stereocenters. The molecule has 1 heterocycles. The third-order valence-electron chi connectivity index (χ3n) is 4.89. The summed E-state index contributed by atoms with van der Waals surface area (Å²) in [6, 6.07) is 3.38. The van der Waals surface area contributed by atoms with E-state index in [1.807, 2.05) is 6.92 Å². The van der Waals surface area contributed by atoms with Crippen molar-refractivity contribution in [3.05, 3.63) is 29.3 Å². The lowest BCUT2D eigenvalue weighted by Crippen LogP contribution is -2.53. The fourth-order valence-corrected chi connectivity index (χ4v) is 3.12. The maximum absolute atomic E-state index is 13.0. The average Bonchev–Trinajstić information content (AvgIpc) is 2.81. The van der Waals surface area contributed by atoms with Crippen molar-refractivity contribution < 1.29 is 38.2 Å². The Morgan fingerprint density at radius 2 is 1.97 bits per heavy atom. The first-order valence-corrected chi connectivity index (χ1v) is 10.6.